The second kappa shape index (κ2) is 9.62. The van der Waals surface area contributed by atoms with Gasteiger partial charge in [0.25, 0.3) is 0 Å². The zero-order chi connectivity index (χ0) is 22.8. The van der Waals surface area contributed by atoms with E-state index in [1.54, 1.807) is 0 Å². The standard InChI is InChI=1S/C27H43NO2Si/c1-8-15-27-16-14-25(30-31(20(2)3,21(4)5)22(6)7)24(18-27)17-26(29)28(27)19-23-12-10-9-11-13-23/h8-13,20-22,24-25H,1,14-19H2,2-7H3/t24-,25-,27-/m0/s1. The van der Waals surface area contributed by atoms with Gasteiger partial charge in [-0.15, -0.1) is 6.58 Å². The molecule has 1 amide bonds. The quantitative estimate of drug-likeness (QED) is 0.302. The van der Waals surface area contributed by atoms with Gasteiger partial charge in [-0.3, -0.25) is 4.79 Å². The molecule has 0 unspecified atom stereocenters. The van der Waals surface area contributed by atoms with E-state index in [2.05, 4.69) is 77.3 Å². The summed E-state index contributed by atoms with van der Waals surface area (Å²) < 4.78 is 7.22. The van der Waals surface area contributed by atoms with Crippen molar-refractivity contribution >= 4 is 14.2 Å². The van der Waals surface area contributed by atoms with Gasteiger partial charge in [0.1, 0.15) is 0 Å². The van der Waals surface area contributed by atoms with E-state index in [1.807, 2.05) is 12.1 Å². The molecular formula is C27H43NO2Si. The van der Waals surface area contributed by atoms with Crippen LogP contribution in [-0.2, 0) is 15.8 Å². The maximum absolute atomic E-state index is 13.5. The second-order valence-electron chi connectivity index (χ2n) is 10.9. The van der Waals surface area contributed by atoms with Crippen molar-refractivity contribution in [1.29, 1.82) is 0 Å². The summed E-state index contributed by atoms with van der Waals surface area (Å²) in [6.07, 6.45) is 6.84. The van der Waals surface area contributed by atoms with Crippen LogP contribution in [0.1, 0.15) is 79.2 Å². The van der Waals surface area contributed by atoms with Crippen LogP contribution in [0.5, 0.6) is 0 Å². The van der Waals surface area contributed by atoms with Gasteiger partial charge in [0, 0.05) is 24.6 Å². The van der Waals surface area contributed by atoms with E-state index in [0.29, 0.717) is 41.4 Å². The van der Waals surface area contributed by atoms with E-state index in [9.17, 15) is 4.79 Å². The smallest absolute Gasteiger partial charge is 0.223 e. The third-order valence-corrected chi connectivity index (χ3v) is 14.3. The van der Waals surface area contributed by atoms with Gasteiger partial charge in [0.05, 0.1) is 0 Å². The summed E-state index contributed by atoms with van der Waals surface area (Å²) in [5, 5.41) is 0. The fraction of sp³-hybridized carbons (Fsp3) is 0.667. The Morgan fingerprint density at radius 2 is 1.74 bits per heavy atom. The van der Waals surface area contributed by atoms with Gasteiger partial charge in [-0.1, -0.05) is 78.0 Å². The number of carbonyl (C=O) groups excluding carboxylic acids is 1. The normalized spacial score (nSPS) is 26.7. The Hall–Kier alpha value is -1.39. The molecule has 1 aromatic rings. The van der Waals surface area contributed by atoms with Crippen LogP contribution in [0.25, 0.3) is 0 Å². The zero-order valence-electron chi connectivity index (χ0n) is 20.6. The number of hydrogen-bond acceptors (Lipinski definition) is 2. The summed E-state index contributed by atoms with van der Waals surface area (Å²) in [6.45, 7) is 18.9. The lowest BCUT2D eigenvalue weighted by Gasteiger charge is -2.56. The molecule has 0 N–H and O–H groups in total. The lowest BCUT2D eigenvalue weighted by molar-refractivity contribution is -0.155. The minimum Gasteiger partial charge on any atom is -0.413 e. The van der Waals surface area contributed by atoms with Crippen molar-refractivity contribution in [3.8, 4) is 0 Å². The van der Waals surface area contributed by atoms with E-state index < -0.39 is 8.32 Å². The van der Waals surface area contributed by atoms with E-state index in [-0.39, 0.29) is 11.6 Å². The molecule has 3 rings (SSSR count). The average Bonchev–Trinajstić information content (AvgIpc) is 2.71. The number of rotatable bonds is 9. The van der Waals surface area contributed by atoms with Crippen molar-refractivity contribution in [2.45, 2.75) is 108 Å². The minimum atomic E-state index is -1.96. The Bertz CT molecular complexity index is 738. The summed E-state index contributed by atoms with van der Waals surface area (Å²) in [4.78, 5) is 15.6. The molecule has 0 aromatic heterocycles. The van der Waals surface area contributed by atoms with Crippen LogP contribution in [0.4, 0.5) is 0 Å². The van der Waals surface area contributed by atoms with Crippen LogP contribution in [0.3, 0.4) is 0 Å². The molecule has 2 fully saturated rings. The van der Waals surface area contributed by atoms with Gasteiger partial charge < -0.3 is 9.33 Å². The predicted molar refractivity (Wildman–Crippen MR) is 132 cm³/mol. The van der Waals surface area contributed by atoms with Crippen LogP contribution >= 0.6 is 0 Å². The zero-order valence-corrected chi connectivity index (χ0v) is 21.6. The monoisotopic (exact) mass is 441 g/mol. The molecule has 1 saturated heterocycles. The van der Waals surface area contributed by atoms with Crippen molar-refractivity contribution in [3.63, 3.8) is 0 Å². The molecule has 4 heteroatoms. The first-order valence-corrected chi connectivity index (χ1v) is 14.4. The topological polar surface area (TPSA) is 29.5 Å². The van der Waals surface area contributed by atoms with Gasteiger partial charge in [0.15, 0.2) is 0 Å². The maximum atomic E-state index is 13.5. The Morgan fingerprint density at radius 1 is 1.13 bits per heavy atom. The van der Waals surface area contributed by atoms with Gasteiger partial charge in [-0.05, 0) is 53.8 Å². The molecule has 1 heterocycles. The molecule has 1 saturated carbocycles. The summed E-state index contributed by atoms with van der Waals surface area (Å²) in [6, 6.07) is 10.4. The van der Waals surface area contributed by atoms with Gasteiger partial charge in [0.2, 0.25) is 14.2 Å². The number of fused-ring (bicyclic) bond motifs is 2. The first kappa shape index (κ1) is 24.3. The average molecular weight is 442 g/mol. The molecule has 3 atom stereocenters. The van der Waals surface area contributed by atoms with Crippen molar-refractivity contribution in [2.75, 3.05) is 0 Å². The van der Waals surface area contributed by atoms with Crippen molar-refractivity contribution in [2.24, 2.45) is 5.92 Å². The Labute approximate surface area is 191 Å². The highest BCUT2D eigenvalue weighted by molar-refractivity contribution is 6.77. The lowest BCUT2D eigenvalue weighted by Crippen LogP contribution is -2.62. The highest BCUT2D eigenvalue weighted by Gasteiger charge is 2.54. The van der Waals surface area contributed by atoms with Gasteiger partial charge in [-0.2, -0.15) is 0 Å². The third kappa shape index (κ3) is 4.56. The van der Waals surface area contributed by atoms with Gasteiger partial charge >= 0.3 is 0 Å². The molecule has 0 radical (unpaired) electrons. The predicted octanol–water partition coefficient (Wildman–Crippen LogP) is 7.09. The SMILES string of the molecule is C=CC[C@@]12CC[C@H](O[Si](C(C)C)(C(C)C)C(C)C)[C@@H](CC(=O)N1Cc1ccccc1)C2. The first-order chi connectivity index (χ1) is 14.7. The molecule has 1 aromatic carbocycles. The van der Waals surface area contributed by atoms with Crippen molar-refractivity contribution < 1.29 is 9.22 Å². The van der Waals surface area contributed by atoms with E-state index in [4.69, 9.17) is 4.43 Å². The number of piperidine rings is 1. The Balaban J connectivity index is 1.86. The third-order valence-electron chi connectivity index (χ3n) is 8.14. The fourth-order valence-electron chi connectivity index (χ4n) is 6.83. The first-order valence-electron chi connectivity index (χ1n) is 12.3. The van der Waals surface area contributed by atoms with Crippen molar-refractivity contribution in [3.05, 3.63) is 48.6 Å². The number of nitrogens with zero attached hydrogens (tertiary/aromatic N) is 1. The Kier molecular flexibility index (Phi) is 7.53. The van der Waals surface area contributed by atoms with Gasteiger partial charge in [-0.25, -0.2) is 0 Å². The molecule has 3 nitrogen and oxygen atoms in total. The van der Waals surface area contributed by atoms with E-state index in [1.165, 1.54) is 5.56 Å². The summed E-state index contributed by atoms with van der Waals surface area (Å²) >= 11 is 0. The maximum Gasteiger partial charge on any atom is 0.223 e. The fourth-order valence-corrected chi connectivity index (χ4v) is 12.5. The molecular weight excluding hydrogens is 398 g/mol. The van der Waals surface area contributed by atoms with Crippen LogP contribution in [-0.4, -0.2) is 30.8 Å². The summed E-state index contributed by atoms with van der Waals surface area (Å²) in [5.41, 5.74) is 2.82. The molecule has 0 spiro atoms. The summed E-state index contributed by atoms with van der Waals surface area (Å²) in [5.74, 6) is 0.623. The number of benzene rings is 1. The van der Waals surface area contributed by atoms with Crippen LogP contribution in [0.2, 0.25) is 16.6 Å². The molecule has 31 heavy (non-hydrogen) atoms. The van der Waals surface area contributed by atoms with Crippen LogP contribution < -0.4 is 0 Å². The molecule has 2 aliphatic rings. The minimum absolute atomic E-state index is 0.102. The number of likely N-dealkylation sites (tertiary alicyclic amines) is 1. The largest absolute Gasteiger partial charge is 0.413 e. The molecule has 1 aliphatic heterocycles. The molecule has 172 valence electrons. The Morgan fingerprint density at radius 3 is 2.29 bits per heavy atom. The molecule has 2 bridgehead atoms. The van der Waals surface area contributed by atoms with Crippen LogP contribution in [0.15, 0.2) is 43.0 Å². The van der Waals surface area contributed by atoms with E-state index >= 15 is 0 Å². The molecule has 1 aliphatic carbocycles. The second-order valence-corrected chi connectivity index (χ2v) is 16.3. The number of carbonyl (C=O) groups is 1. The summed E-state index contributed by atoms with van der Waals surface area (Å²) in [7, 11) is -1.96. The van der Waals surface area contributed by atoms with Crippen molar-refractivity contribution in [1.82, 2.24) is 4.90 Å². The highest BCUT2D eigenvalue weighted by Crippen LogP contribution is 2.50. The number of amides is 1. The van der Waals surface area contributed by atoms with E-state index in [0.717, 1.165) is 25.7 Å². The lowest BCUT2D eigenvalue weighted by atomic mass is 9.67. The number of hydrogen-bond donors (Lipinski definition) is 0. The highest BCUT2D eigenvalue weighted by atomic mass is 28.4. The van der Waals surface area contributed by atoms with Crippen LogP contribution in [0, 0.1) is 5.92 Å².